The fraction of sp³-hybridized carbons (Fsp3) is 0.233. The van der Waals surface area contributed by atoms with Gasteiger partial charge in [-0.1, -0.05) is 19.1 Å². The summed E-state index contributed by atoms with van der Waals surface area (Å²) in [5.41, 5.74) is 2.95. The topological polar surface area (TPSA) is 99.9 Å². The second-order valence-corrected chi connectivity index (χ2v) is 9.02. The lowest BCUT2D eigenvalue weighted by Gasteiger charge is -2.26. The van der Waals surface area contributed by atoms with E-state index in [4.69, 9.17) is 9.47 Å². The smallest absolute Gasteiger partial charge is 0.300 e. The highest BCUT2D eigenvalue weighted by atomic mass is 16.5. The van der Waals surface area contributed by atoms with Gasteiger partial charge in [-0.25, -0.2) is 0 Å². The number of aliphatic hydroxyl groups excluding tert-OH is 1. The highest BCUT2D eigenvalue weighted by Gasteiger charge is 2.47. The number of hydrogen-bond acceptors (Lipinski definition) is 6. The molecule has 0 aliphatic carbocycles. The minimum absolute atomic E-state index is 0.00765. The number of aryl methyl sites for hydroxylation is 1. The predicted octanol–water partition coefficient (Wildman–Crippen LogP) is 5.30. The molecule has 1 unspecified atom stereocenters. The Hall–Kier alpha value is -4.57. The Morgan fingerprint density at radius 1 is 1.11 bits per heavy atom. The van der Waals surface area contributed by atoms with Gasteiger partial charge in [0.05, 0.1) is 36.5 Å². The normalized spacial score (nSPS) is 18.2. The highest BCUT2D eigenvalue weighted by Crippen LogP contribution is 2.43. The number of rotatable bonds is 6. The van der Waals surface area contributed by atoms with Crippen LogP contribution in [0.4, 0.5) is 5.69 Å². The number of hydrogen-bond donors (Lipinski definition) is 1. The van der Waals surface area contributed by atoms with Gasteiger partial charge in [0.1, 0.15) is 17.3 Å². The molecule has 2 aliphatic heterocycles. The van der Waals surface area contributed by atoms with Crippen LogP contribution < -0.4 is 14.4 Å². The first kappa shape index (κ1) is 24.1. The molecule has 3 aromatic rings. The molecule has 1 fully saturated rings. The Morgan fingerprint density at radius 3 is 2.57 bits per heavy atom. The van der Waals surface area contributed by atoms with E-state index in [1.165, 1.54) is 4.90 Å². The SMILES string of the molecule is CCCOc1ccc(C2/C(=C(/O)c3ccc4c(c3)CCCO4)C(=O)C(=O)N2c2ccc(C#N)cc2)cc1. The number of fused-ring (bicyclic) bond motifs is 1. The molecule has 0 aromatic heterocycles. The van der Waals surface area contributed by atoms with Gasteiger partial charge in [-0.2, -0.15) is 5.26 Å². The van der Waals surface area contributed by atoms with E-state index in [-0.39, 0.29) is 11.3 Å². The zero-order chi connectivity index (χ0) is 25.9. The summed E-state index contributed by atoms with van der Waals surface area (Å²) < 4.78 is 11.4. The summed E-state index contributed by atoms with van der Waals surface area (Å²) in [6, 6.07) is 20.1. The van der Waals surface area contributed by atoms with Crippen molar-refractivity contribution in [1.82, 2.24) is 0 Å². The van der Waals surface area contributed by atoms with E-state index in [2.05, 4.69) is 6.07 Å². The molecule has 1 saturated heterocycles. The second kappa shape index (κ2) is 10.2. The van der Waals surface area contributed by atoms with Crippen LogP contribution >= 0.6 is 0 Å². The van der Waals surface area contributed by atoms with Gasteiger partial charge in [0, 0.05) is 11.3 Å². The number of benzene rings is 3. The van der Waals surface area contributed by atoms with E-state index in [9.17, 15) is 20.0 Å². The minimum Gasteiger partial charge on any atom is -0.507 e. The zero-order valence-electron chi connectivity index (χ0n) is 20.4. The predicted molar refractivity (Wildman–Crippen MR) is 138 cm³/mol. The van der Waals surface area contributed by atoms with Crippen LogP contribution in [0.1, 0.15) is 48.1 Å². The number of nitriles is 1. The van der Waals surface area contributed by atoms with Gasteiger partial charge in [-0.05, 0) is 85.0 Å². The van der Waals surface area contributed by atoms with Gasteiger partial charge in [-0.3, -0.25) is 14.5 Å². The first-order valence-corrected chi connectivity index (χ1v) is 12.3. The fourth-order valence-corrected chi connectivity index (χ4v) is 4.74. The van der Waals surface area contributed by atoms with E-state index in [1.54, 1.807) is 60.7 Å². The summed E-state index contributed by atoms with van der Waals surface area (Å²) in [6.45, 7) is 3.24. The molecule has 0 spiro atoms. The van der Waals surface area contributed by atoms with Crippen molar-refractivity contribution in [1.29, 1.82) is 5.26 Å². The summed E-state index contributed by atoms with van der Waals surface area (Å²) in [6.07, 6.45) is 2.54. The van der Waals surface area contributed by atoms with E-state index >= 15 is 0 Å². The molecule has 2 heterocycles. The van der Waals surface area contributed by atoms with Crippen LogP contribution in [-0.2, 0) is 16.0 Å². The summed E-state index contributed by atoms with van der Waals surface area (Å²) in [5, 5.41) is 20.6. The van der Waals surface area contributed by atoms with Gasteiger partial charge in [-0.15, -0.1) is 0 Å². The maximum atomic E-state index is 13.4. The molecule has 186 valence electrons. The number of carbonyl (C=O) groups excluding carboxylic acids is 2. The maximum absolute atomic E-state index is 13.4. The highest BCUT2D eigenvalue weighted by molar-refractivity contribution is 6.51. The largest absolute Gasteiger partial charge is 0.507 e. The number of Topliss-reactive ketones (excluding diaryl/α,β-unsaturated/α-hetero) is 1. The van der Waals surface area contributed by atoms with Crippen molar-refractivity contribution in [3.63, 3.8) is 0 Å². The van der Waals surface area contributed by atoms with E-state index in [1.807, 2.05) is 13.0 Å². The zero-order valence-corrected chi connectivity index (χ0v) is 20.4. The van der Waals surface area contributed by atoms with Gasteiger partial charge in [0.25, 0.3) is 11.7 Å². The van der Waals surface area contributed by atoms with Crippen LogP contribution in [0.15, 0.2) is 72.3 Å². The molecule has 7 nitrogen and oxygen atoms in total. The Morgan fingerprint density at radius 2 is 1.86 bits per heavy atom. The maximum Gasteiger partial charge on any atom is 0.300 e. The van der Waals surface area contributed by atoms with Crippen LogP contribution in [0.2, 0.25) is 0 Å². The van der Waals surface area contributed by atoms with Gasteiger partial charge < -0.3 is 14.6 Å². The number of nitrogens with zero attached hydrogens (tertiary/aromatic N) is 2. The first-order valence-electron chi connectivity index (χ1n) is 12.3. The lowest BCUT2D eigenvalue weighted by Crippen LogP contribution is -2.29. The first-order chi connectivity index (χ1) is 18.0. The average molecular weight is 495 g/mol. The lowest BCUT2D eigenvalue weighted by molar-refractivity contribution is -0.132. The molecule has 0 saturated carbocycles. The van der Waals surface area contributed by atoms with Crippen LogP contribution in [0.25, 0.3) is 5.76 Å². The van der Waals surface area contributed by atoms with Crippen molar-refractivity contribution >= 4 is 23.1 Å². The van der Waals surface area contributed by atoms with Crippen LogP contribution in [0.5, 0.6) is 11.5 Å². The molecule has 0 bridgehead atoms. The molecular weight excluding hydrogens is 468 g/mol. The average Bonchev–Trinajstić information content (AvgIpc) is 3.21. The van der Waals surface area contributed by atoms with Crippen molar-refractivity contribution in [3.05, 3.63) is 94.6 Å². The van der Waals surface area contributed by atoms with Crippen molar-refractivity contribution in [3.8, 4) is 17.6 Å². The standard InChI is InChI=1S/C30H26N2O5/c1-2-15-36-24-12-7-20(8-13-24)27-26(28(33)22-9-14-25-21(17-22)4-3-16-37-25)29(34)30(35)32(27)23-10-5-19(18-31)6-11-23/h5-14,17,27,33H,2-4,15-16H2,1H3/b28-26-. The Balaban J connectivity index is 1.63. The Bertz CT molecular complexity index is 1420. The molecule has 0 radical (unpaired) electrons. The summed E-state index contributed by atoms with van der Waals surface area (Å²) in [5.74, 6) is -0.314. The van der Waals surface area contributed by atoms with Crippen LogP contribution in [0.3, 0.4) is 0 Å². The summed E-state index contributed by atoms with van der Waals surface area (Å²) in [7, 11) is 0. The van der Waals surface area contributed by atoms with Gasteiger partial charge >= 0.3 is 0 Å². The number of amides is 1. The van der Waals surface area contributed by atoms with Crippen molar-refractivity contribution in [2.75, 3.05) is 18.1 Å². The van der Waals surface area contributed by atoms with E-state index < -0.39 is 17.7 Å². The molecule has 1 N–H and O–H groups in total. The third-order valence-corrected chi connectivity index (χ3v) is 6.57. The van der Waals surface area contributed by atoms with E-state index in [0.717, 1.165) is 30.6 Å². The Labute approximate surface area is 215 Å². The second-order valence-electron chi connectivity index (χ2n) is 9.02. The number of ketones is 1. The molecule has 1 amide bonds. The molecule has 2 aliphatic rings. The van der Waals surface area contributed by atoms with Crippen LogP contribution in [-0.4, -0.2) is 30.0 Å². The summed E-state index contributed by atoms with van der Waals surface area (Å²) in [4.78, 5) is 28.1. The van der Waals surface area contributed by atoms with Crippen molar-refractivity contribution in [2.24, 2.45) is 0 Å². The lowest BCUT2D eigenvalue weighted by atomic mass is 9.93. The Kier molecular flexibility index (Phi) is 6.65. The molecule has 5 rings (SSSR count). The molecule has 1 atom stereocenters. The van der Waals surface area contributed by atoms with Gasteiger partial charge in [0.15, 0.2) is 0 Å². The molecular formula is C30H26N2O5. The molecule has 7 heteroatoms. The molecule has 3 aromatic carbocycles. The third-order valence-electron chi connectivity index (χ3n) is 6.57. The quantitative estimate of drug-likeness (QED) is 0.284. The van der Waals surface area contributed by atoms with Crippen molar-refractivity contribution in [2.45, 2.75) is 32.2 Å². The third kappa shape index (κ3) is 4.54. The number of carbonyl (C=O) groups is 2. The monoisotopic (exact) mass is 494 g/mol. The molecule has 37 heavy (non-hydrogen) atoms. The number of anilines is 1. The van der Waals surface area contributed by atoms with Crippen LogP contribution in [0, 0.1) is 11.3 Å². The van der Waals surface area contributed by atoms with E-state index in [0.29, 0.717) is 41.3 Å². The fourth-order valence-electron chi connectivity index (χ4n) is 4.74. The number of ether oxygens (including phenoxy) is 2. The minimum atomic E-state index is -0.861. The summed E-state index contributed by atoms with van der Waals surface area (Å²) >= 11 is 0. The number of aliphatic hydroxyl groups is 1. The van der Waals surface area contributed by atoms with Gasteiger partial charge in [0.2, 0.25) is 0 Å². The van der Waals surface area contributed by atoms with Crippen molar-refractivity contribution < 1.29 is 24.2 Å².